The van der Waals surface area contributed by atoms with Gasteiger partial charge in [-0.1, -0.05) is 6.07 Å². The molecular weight excluding hydrogens is 326 g/mol. The lowest BCUT2D eigenvalue weighted by Crippen LogP contribution is -2.22. The summed E-state index contributed by atoms with van der Waals surface area (Å²) in [5.74, 6) is 2.25. The molecule has 2 aromatic heterocycles. The molecule has 1 aromatic carbocycles. The maximum Gasteiger partial charge on any atom is 0.229 e. The van der Waals surface area contributed by atoms with Crippen molar-refractivity contribution < 1.29 is 4.74 Å². The van der Waals surface area contributed by atoms with E-state index in [-0.39, 0.29) is 0 Å². The van der Waals surface area contributed by atoms with Gasteiger partial charge in [-0.25, -0.2) is 4.98 Å². The van der Waals surface area contributed by atoms with Crippen LogP contribution in [-0.2, 0) is 6.42 Å². The van der Waals surface area contributed by atoms with Gasteiger partial charge in [-0.2, -0.15) is 4.98 Å². The van der Waals surface area contributed by atoms with Gasteiger partial charge in [0.25, 0.3) is 0 Å². The van der Waals surface area contributed by atoms with Crippen molar-refractivity contribution in [2.75, 3.05) is 30.9 Å². The van der Waals surface area contributed by atoms with Crippen molar-refractivity contribution in [2.45, 2.75) is 13.3 Å². The SMILES string of the molecule is COc1cccc(Nc2nc(C)cc(N(C)CCc3ccncc3)n2)c1. The number of likely N-dealkylation sites (N-methyl/N-ethyl adjacent to an activating group) is 1. The molecule has 0 spiro atoms. The number of anilines is 3. The highest BCUT2D eigenvalue weighted by molar-refractivity contribution is 5.57. The highest BCUT2D eigenvalue weighted by Crippen LogP contribution is 2.21. The Morgan fingerprint density at radius 2 is 1.88 bits per heavy atom. The average molecular weight is 349 g/mol. The van der Waals surface area contributed by atoms with Crippen molar-refractivity contribution in [3.63, 3.8) is 0 Å². The Bertz CT molecular complexity index is 854. The molecule has 0 bridgehead atoms. The molecule has 0 radical (unpaired) electrons. The Morgan fingerprint density at radius 1 is 1.08 bits per heavy atom. The van der Waals surface area contributed by atoms with Crippen LogP contribution in [0.15, 0.2) is 54.9 Å². The summed E-state index contributed by atoms with van der Waals surface area (Å²) in [6.07, 6.45) is 4.57. The summed E-state index contributed by atoms with van der Waals surface area (Å²) in [7, 11) is 3.69. The molecule has 134 valence electrons. The third kappa shape index (κ3) is 4.69. The zero-order valence-electron chi connectivity index (χ0n) is 15.3. The van der Waals surface area contributed by atoms with Gasteiger partial charge in [0.15, 0.2) is 0 Å². The highest BCUT2D eigenvalue weighted by atomic mass is 16.5. The lowest BCUT2D eigenvalue weighted by molar-refractivity contribution is 0.415. The summed E-state index contributed by atoms with van der Waals surface area (Å²) < 4.78 is 5.26. The number of aromatic nitrogens is 3. The molecule has 26 heavy (non-hydrogen) atoms. The molecule has 0 unspecified atom stereocenters. The van der Waals surface area contributed by atoms with E-state index in [4.69, 9.17) is 4.74 Å². The van der Waals surface area contributed by atoms with E-state index in [1.54, 1.807) is 7.11 Å². The van der Waals surface area contributed by atoms with Crippen LogP contribution in [0.25, 0.3) is 0 Å². The van der Waals surface area contributed by atoms with Crippen molar-refractivity contribution in [1.29, 1.82) is 0 Å². The number of nitrogens with zero attached hydrogens (tertiary/aromatic N) is 4. The molecule has 3 aromatic rings. The Morgan fingerprint density at radius 3 is 2.65 bits per heavy atom. The third-order valence-corrected chi connectivity index (χ3v) is 4.04. The van der Waals surface area contributed by atoms with E-state index in [0.29, 0.717) is 5.95 Å². The van der Waals surface area contributed by atoms with Crippen LogP contribution in [0.1, 0.15) is 11.3 Å². The summed E-state index contributed by atoms with van der Waals surface area (Å²) in [5.41, 5.74) is 3.06. The van der Waals surface area contributed by atoms with Crippen LogP contribution < -0.4 is 15.0 Å². The molecule has 2 heterocycles. The summed E-state index contributed by atoms with van der Waals surface area (Å²) in [5, 5.41) is 3.25. The first-order valence-corrected chi connectivity index (χ1v) is 8.51. The van der Waals surface area contributed by atoms with Crippen molar-refractivity contribution in [1.82, 2.24) is 15.0 Å². The first-order valence-electron chi connectivity index (χ1n) is 8.51. The standard InChI is InChI=1S/C20H23N5O/c1-15-13-19(25(2)12-9-16-7-10-21-11-8-16)24-20(22-15)23-17-5-4-6-18(14-17)26-3/h4-8,10-11,13-14H,9,12H2,1-3H3,(H,22,23,24). The topological polar surface area (TPSA) is 63.2 Å². The van der Waals surface area contributed by atoms with E-state index in [9.17, 15) is 0 Å². The number of nitrogens with one attached hydrogen (secondary N) is 1. The van der Waals surface area contributed by atoms with Gasteiger partial charge in [-0.05, 0) is 43.2 Å². The van der Waals surface area contributed by atoms with Crippen LogP contribution in [0, 0.1) is 6.92 Å². The second-order valence-corrected chi connectivity index (χ2v) is 6.08. The summed E-state index contributed by atoms with van der Waals surface area (Å²) in [6.45, 7) is 2.83. The first kappa shape index (κ1) is 17.7. The van der Waals surface area contributed by atoms with Crippen LogP contribution in [-0.4, -0.2) is 35.7 Å². The van der Waals surface area contributed by atoms with Crippen molar-refractivity contribution in [2.24, 2.45) is 0 Å². The van der Waals surface area contributed by atoms with Crippen LogP contribution in [0.5, 0.6) is 5.75 Å². The molecule has 0 aliphatic carbocycles. The molecule has 1 N–H and O–H groups in total. The van der Waals surface area contributed by atoms with Crippen LogP contribution >= 0.6 is 0 Å². The maximum atomic E-state index is 5.26. The Balaban J connectivity index is 1.72. The number of hydrogen-bond donors (Lipinski definition) is 1. The smallest absolute Gasteiger partial charge is 0.229 e. The molecule has 3 rings (SSSR count). The van der Waals surface area contributed by atoms with Gasteiger partial charge in [0.1, 0.15) is 11.6 Å². The predicted octanol–water partition coefficient (Wildman–Crippen LogP) is 3.61. The number of ether oxygens (including phenoxy) is 1. The zero-order chi connectivity index (χ0) is 18.4. The van der Waals surface area contributed by atoms with Crippen LogP contribution in [0.3, 0.4) is 0 Å². The number of rotatable bonds is 7. The second-order valence-electron chi connectivity index (χ2n) is 6.08. The van der Waals surface area contributed by atoms with Gasteiger partial charge in [-0.15, -0.1) is 0 Å². The minimum atomic E-state index is 0.573. The summed E-state index contributed by atoms with van der Waals surface area (Å²) in [4.78, 5) is 15.3. The average Bonchev–Trinajstić information content (AvgIpc) is 2.66. The van der Waals surface area contributed by atoms with Crippen molar-refractivity contribution in [3.05, 3.63) is 66.1 Å². The number of methoxy groups -OCH3 is 1. The normalized spacial score (nSPS) is 10.4. The van der Waals surface area contributed by atoms with Gasteiger partial charge in [0.2, 0.25) is 5.95 Å². The predicted molar refractivity (Wildman–Crippen MR) is 104 cm³/mol. The summed E-state index contributed by atoms with van der Waals surface area (Å²) >= 11 is 0. The van der Waals surface area contributed by atoms with Gasteiger partial charge in [0, 0.05) is 49.5 Å². The monoisotopic (exact) mass is 349 g/mol. The van der Waals surface area contributed by atoms with Gasteiger partial charge >= 0.3 is 0 Å². The largest absolute Gasteiger partial charge is 0.497 e. The van der Waals surface area contributed by atoms with E-state index < -0.39 is 0 Å². The molecule has 0 fully saturated rings. The zero-order valence-corrected chi connectivity index (χ0v) is 15.3. The summed E-state index contributed by atoms with van der Waals surface area (Å²) in [6, 6.07) is 13.8. The Labute approximate surface area is 153 Å². The van der Waals surface area contributed by atoms with Crippen LogP contribution in [0.2, 0.25) is 0 Å². The second kappa shape index (κ2) is 8.29. The highest BCUT2D eigenvalue weighted by Gasteiger charge is 2.08. The van der Waals surface area contributed by atoms with Gasteiger partial charge in [0.05, 0.1) is 7.11 Å². The van der Waals surface area contributed by atoms with E-state index in [1.165, 1.54) is 5.56 Å². The lowest BCUT2D eigenvalue weighted by atomic mass is 10.2. The molecule has 0 aliphatic rings. The molecule has 0 saturated carbocycles. The molecular formula is C20H23N5O. The molecule has 6 nitrogen and oxygen atoms in total. The number of aryl methyl sites for hydroxylation is 1. The minimum absolute atomic E-state index is 0.573. The van der Waals surface area contributed by atoms with E-state index in [1.807, 2.05) is 68.8 Å². The van der Waals surface area contributed by atoms with Crippen molar-refractivity contribution in [3.8, 4) is 5.75 Å². The minimum Gasteiger partial charge on any atom is -0.497 e. The third-order valence-electron chi connectivity index (χ3n) is 4.04. The Hall–Kier alpha value is -3.15. The molecule has 0 atom stereocenters. The number of benzene rings is 1. The maximum absolute atomic E-state index is 5.26. The molecule has 0 saturated heterocycles. The fraction of sp³-hybridized carbons (Fsp3) is 0.250. The molecule has 6 heteroatoms. The molecule has 0 aliphatic heterocycles. The molecule has 0 amide bonds. The number of pyridine rings is 1. The quantitative estimate of drug-likeness (QED) is 0.703. The van der Waals surface area contributed by atoms with E-state index >= 15 is 0 Å². The van der Waals surface area contributed by atoms with E-state index in [0.717, 1.165) is 35.9 Å². The van der Waals surface area contributed by atoms with Gasteiger partial charge < -0.3 is 15.0 Å². The van der Waals surface area contributed by atoms with Crippen LogP contribution in [0.4, 0.5) is 17.5 Å². The Kier molecular flexibility index (Phi) is 5.63. The van der Waals surface area contributed by atoms with Gasteiger partial charge in [-0.3, -0.25) is 4.98 Å². The fourth-order valence-corrected chi connectivity index (χ4v) is 2.59. The lowest BCUT2D eigenvalue weighted by Gasteiger charge is -2.19. The van der Waals surface area contributed by atoms with Crippen molar-refractivity contribution >= 4 is 17.5 Å². The first-order chi connectivity index (χ1) is 12.6. The fourth-order valence-electron chi connectivity index (χ4n) is 2.59. The number of hydrogen-bond acceptors (Lipinski definition) is 6. The van der Waals surface area contributed by atoms with E-state index in [2.05, 4.69) is 25.2 Å².